The molecule has 2 heterocycles. The molecule has 0 spiro atoms. The third kappa shape index (κ3) is 7.61. The molecule has 12 heteroatoms. The molecule has 2 fully saturated rings. The third-order valence-corrected chi connectivity index (χ3v) is 5.31. The van der Waals surface area contributed by atoms with E-state index in [0.29, 0.717) is 0 Å². The summed E-state index contributed by atoms with van der Waals surface area (Å²) in [6.07, 6.45) is -9.35. The molecule has 2 unspecified atom stereocenters. The molecular formula is C19H36N2O10. The van der Waals surface area contributed by atoms with Crippen LogP contribution in [0.1, 0.15) is 19.8 Å². The molecule has 2 aliphatic rings. The Hall–Kier alpha value is -1.38. The molecule has 182 valence electrons. The highest BCUT2D eigenvalue weighted by atomic mass is 16.5. The van der Waals surface area contributed by atoms with Gasteiger partial charge in [-0.25, -0.2) is 0 Å². The van der Waals surface area contributed by atoms with Gasteiger partial charge in [0.25, 0.3) is 0 Å². The van der Waals surface area contributed by atoms with Crippen LogP contribution >= 0.6 is 0 Å². The Bertz CT molecular complexity index is 590. The molecule has 0 saturated carbocycles. The average molecular weight is 453 g/mol. The van der Waals surface area contributed by atoms with Gasteiger partial charge in [0.1, 0.15) is 36.6 Å². The summed E-state index contributed by atoms with van der Waals surface area (Å²) in [4.78, 5) is 25.5. The summed E-state index contributed by atoms with van der Waals surface area (Å²) < 4.78 is 10.4. The van der Waals surface area contributed by atoms with Crippen molar-refractivity contribution in [3.63, 3.8) is 0 Å². The zero-order valence-electron chi connectivity index (χ0n) is 18.5. The van der Waals surface area contributed by atoms with E-state index >= 15 is 0 Å². The van der Waals surface area contributed by atoms with Gasteiger partial charge in [-0.05, 0) is 6.92 Å². The van der Waals surface area contributed by atoms with Crippen molar-refractivity contribution in [2.24, 2.45) is 0 Å². The van der Waals surface area contributed by atoms with E-state index in [0.717, 1.165) is 0 Å². The first-order valence-electron chi connectivity index (χ1n) is 10.0. The molecule has 2 saturated heterocycles. The average Bonchev–Trinajstić information content (AvgIpc) is 2.70. The molecule has 6 N–H and O–H groups in total. The van der Waals surface area contributed by atoms with E-state index in [1.165, 1.54) is 9.80 Å². The molecule has 0 aromatic heterocycles. The maximum atomic E-state index is 11.4. The highest BCUT2D eigenvalue weighted by Gasteiger charge is 2.42. The first-order chi connectivity index (χ1) is 14.3. The van der Waals surface area contributed by atoms with E-state index in [1.807, 2.05) is 0 Å². The predicted octanol–water partition coefficient (Wildman–Crippen LogP) is -3.72. The molecule has 2 amide bonds. The van der Waals surface area contributed by atoms with Gasteiger partial charge in [-0.15, -0.1) is 0 Å². The Morgan fingerprint density at radius 2 is 1.19 bits per heavy atom. The summed E-state index contributed by atoms with van der Waals surface area (Å²) in [5, 5.41) is 56.7. The van der Waals surface area contributed by atoms with Crippen molar-refractivity contribution in [3.8, 4) is 0 Å². The van der Waals surface area contributed by atoms with Crippen molar-refractivity contribution >= 4 is 11.8 Å². The number of nitrogens with zero attached hydrogens (tertiary/aromatic N) is 2. The number of ether oxygens (including phenoxy) is 2. The lowest BCUT2D eigenvalue weighted by molar-refractivity contribution is -0.218. The second-order valence-corrected chi connectivity index (χ2v) is 8.26. The van der Waals surface area contributed by atoms with Crippen LogP contribution in [0.3, 0.4) is 0 Å². The van der Waals surface area contributed by atoms with Gasteiger partial charge in [0.2, 0.25) is 11.8 Å². The molecule has 9 atom stereocenters. The van der Waals surface area contributed by atoms with Gasteiger partial charge in [0.15, 0.2) is 0 Å². The maximum absolute atomic E-state index is 11.4. The van der Waals surface area contributed by atoms with Crippen LogP contribution < -0.4 is 0 Å². The fourth-order valence-corrected chi connectivity index (χ4v) is 3.06. The Morgan fingerprint density at radius 1 is 0.742 bits per heavy atom. The van der Waals surface area contributed by atoms with Crippen LogP contribution in [0, 0.1) is 0 Å². The molecule has 12 nitrogen and oxygen atoms in total. The number of amides is 2. The van der Waals surface area contributed by atoms with E-state index in [1.54, 1.807) is 35.1 Å². The van der Waals surface area contributed by atoms with Crippen molar-refractivity contribution in [3.05, 3.63) is 0 Å². The first-order valence-corrected chi connectivity index (χ1v) is 10.0. The fraction of sp³-hybridized carbons (Fsp3) is 0.895. The Kier molecular flexibility index (Phi) is 10.7. The summed E-state index contributed by atoms with van der Waals surface area (Å²) >= 11 is 0. The van der Waals surface area contributed by atoms with E-state index < -0.39 is 54.9 Å². The largest absolute Gasteiger partial charge is 0.388 e. The molecule has 0 radical (unpaired) electrons. The molecule has 0 aromatic carbocycles. The maximum Gasteiger partial charge on any atom is 0.224 e. The standard InChI is InChI=1S/C10H19NO5.C9H17NO5/c1-5-8(13)10(15)9(14)6(16-5)4-7(12)11(2)3;1-10(2)7(12)3-6-9(14)8(13)5(11)4-15-6/h5-6,8-10,13-15H,4H2,1-3H3;5-6,8-9,11,13-14H,3-4H2,1-2H3/t5-,6?,8-,9-,10+;5-,6?,8+,9+/m01/s1. The summed E-state index contributed by atoms with van der Waals surface area (Å²) in [6.45, 7) is 1.52. The minimum absolute atomic E-state index is 0.00204. The summed E-state index contributed by atoms with van der Waals surface area (Å²) in [6, 6.07) is 0. The Labute approximate surface area is 181 Å². The van der Waals surface area contributed by atoms with Crippen LogP contribution in [0.4, 0.5) is 0 Å². The second-order valence-electron chi connectivity index (χ2n) is 8.26. The second kappa shape index (κ2) is 12.0. The van der Waals surface area contributed by atoms with Gasteiger partial charge in [-0.2, -0.15) is 0 Å². The Balaban J connectivity index is 0.000000311. The fourth-order valence-electron chi connectivity index (χ4n) is 3.06. The number of hydrogen-bond donors (Lipinski definition) is 6. The number of aliphatic hydroxyl groups excluding tert-OH is 6. The van der Waals surface area contributed by atoms with Crippen LogP contribution in [0.2, 0.25) is 0 Å². The van der Waals surface area contributed by atoms with Gasteiger partial charge in [0, 0.05) is 28.2 Å². The van der Waals surface area contributed by atoms with Crippen LogP contribution in [0.25, 0.3) is 0 Å². The summed E-state index contributed by atoms with van der Waals surface area (Å²) in [7, 11) is 6.41. The lowest BCUT2D eigenvalue weighted by atomic mass is 9.94. The van der Waals surface area contributed by atoms with E-state index in [2.05, 4.69) is 0 Å². The van der Waals surface area contributed by atoms with Gasteiger partial charge in [-0.1, -0.05) is 0 Å². The highest BCUT2D eigenvalue weighted by Crippen LogP contribution is 2.23. The van der Waals surface area contributed by atoms with Crippen molar-refractivity contribution in [1.82, 2.24) is 9.80 Å². The quantitative estimate of drug-likeness (QED) is 0.248. The molecular weight excluding hydrogens is 416 g/mol. The van der Waals surface area contributed by atoms with E-state index in [9.17, 15) is 40.2 Å². The normalized spacial score (nSPS) is 38.0. The van der Waals surface area contributed by atoms with Crippen LogP contribution in [0.15, 0.2) is 0 Å². The zero-order chi connectivity index (χ0) is 24.0. The number of carbonyl (C=O) groups excluding carboxylic acids is 2. The van der Waals surface area contributed by atoms with Crippen molar-refractivity contribution < 1.29 is 49.7 Å². The number of rotatable bonds is 4. The number of aliphatic hydroxyl groups is 6. The third-order valence-electron chi connectivity index (χ3n) is 5.31. The highest BCUT2D eigenvalue weighted by molar-refractivity contribution is 5.76. The van der Waals surface area contributed by atoms with Crippen LogP contribution in [-0.4, -0.2) is 142 Å². The molecule has 0 aliphatic carbocycles. The molecule has 2 aliphatic heterocycles. The van der Waals surface area contributed by atoms with Crippen molar-refractivity contribution in [2.75, 3.05) is 34.8 Å². The molecule has 0 bridgehead atoms. The van der Waals surface area contributed by atoms with E-state index in [-0.39, 0.29) is 31.3 Å². The van der Waals surface area contributed by atoms with Gasteiger partial charge in [0.05, 0.1) is 37.8 Å². The first kappa shape index (κ1) is 27.7. The monoisotopic (exact) mass is 452 g/mol. The minimum atomic E-state index is -1.27. The predicted molar refractivity (Wildman–Crippen MR) is 107 cm³/mol. The summed E-state index contributed by atoms with van der Waals surface area (Å²) in [5.74, 6) is -0.387. The topological polar surface area (TPSA) is 180 Å². The zero-order valence-corrected chi connectivity index (χ0v) is 18.5. The smallest absolute Gasteiger partial charge is 0.224 e. The Morgan fingerprint density at radius 3 is 1.68 bits per heavy atom. The van der Waals surface area contributed by atoms with Crippen molar-refractivity contribution in [1.29, 1.82) is 0 Å². The van der Waals surface area contributed by atoms with E-state index in [4.69, 9.17) is 9.47 Å². The van der Waals surface area contributed by atoms with Gasteiger partial charge in [-0.3, -0.25) is 9.59 Å². The summed E-state index contributed by atoms with van der Waals surface area (Å²) in [5.41, 5.74) is 0. The molecule has 0 aromatic rings. The van der Waals surface area contributed by atoms with Crippen LogP contribution in [0.5, 0.6) is 0 Å². The van der Waals surface area contributed by atoms with Crippen LogP contribution in [-0.2, 0) is 19.1 Å². The molecule has 31 heavy (non-hydrogen) atoms. The molecule has 2 rings (SSSR count). The van der Waals surface area contributed by atoms with Gasteiger partial charge >= 0.3 is 0 Å². The van der Waals surface area contributed by atoms with Crippen molar-refractivity contribution in [2.45, 2.75) is 74.7 Å². The lowest BCUT2D eigenvalue weighted by Gasteiger charge is -2.39. The lowest BCUT2D eigenvalue weighted by Crippen LogP contribution is -2.57. The SMILES string of the molecule is CN(C)C(=O)CC1OC[C@@H](O)[C@H](O)[C@H]1O.C[C@@H]1OC(CC(=O)N(C)C)[C@H](O)[C@H](O)[C@H]1O. The minimum Gasteiger partial charge on any atom is -0.388 e. The number of hydrogen-bond acceptors (Lipinski definition) is 10. The van der Waals surface area contributed by atoms with Gasteiger partial charge < -0.3 is 49.9 Å². The number of carbonyl (C=O) groups is 2.